The summed E-state index contributed by atoms with van der Waals surface area (Å²) >= 11 is 3.33. The third-order valence-corrected chi connectivity index (χ3v) is 3.64. The Bertz CT molecular complexity index is 399. The van der Waals surface area contributed by atoms with Gasteiger partial charge < -0.3 is 0 Å². The summed E-state index contributed by atoms with van der Waals surface area (Å²) in [6.45, 7) is 1.96. The van der Waals surface area contributed by atoms with Crippen molar-refractivity contribution < 1.29 is 0 Å². The summed E-state index contributed by atoms with van der Waals surface area (Å²) in [5, 5.41) is 9.02. The van der Waals surface area contributed by atoms with Crippen LogP contribution in [0.5, 0.6) is 0 Å². The largest absolute Gasteiger partial charge is 0.264 e. The van der Waals surface area contributed by atoms with Gasteiger partial charge in [0.1, 0.15) is 5.01 Å². The second-order valence-corrected chi connectivity index (χ2v) is 5.14. The Kier molecular flexibility index (Phi) is 3.10. The molecule has 5 heteroatoms. The predicted molar refractivity (Wildman–Crippen MR) is 58.4 cm³/mol. The molecule has 14 heavy (non-hydrogen) atoms. The number of hydrogen-bond donors (Lipinski definition) is 0. The van der Waals surface area contributed by atoms with Crippen LogP contribution in [0.1, 0.15) is 10.6 Å². The lowest BCUT2D eigenvalue weighted by atomic mass is 10.3. The van der Waals surface area contributed by atoms with Gasteiger partial charge in [-0.1, -0.05) is 29.2 Å². The molecule has 72 valence electrons. The topological polar surface area (TPSA) is 38.7 Å². The van der Waals surface area contributed by atoms with Crippen LogP contribution in [-0.4, -0.2) is 15.2 Å². The molecule has 2 rings (SSSR count). The standard InChI is InChI=1S/C9H9N3S2/c1-7-11-12-9(14-7)13-6-8-3-2-4-10-5-8/h2-5H,6H2,1H3. The van der Waals surface area contributed by atoms with Gasteiger partial charge in [0.15, 0.2) is 4.34 Å². The highest BCUT2D eigenvalue weighted by molar-refractivity contribution is 8.00. The van der Waals surface area contributed by atoms with Crippen molar-refractivity contribution in [2.45, 2.75) is 17.0 Å². The Labute approximate surface area is 90.6 Å². The molecule has 0 aliphatic rings. The zero-order chi connectivity index (χ0) is 9.80. The van der Waals surface area contributed by atoms with E-state index in [0.29, 0.717) is 0 Å². The minimum atomic E-state index is 0.905. The molecular formula is C9H9N3S2. The summed E-state index contributed by atoms with van der Waals surface area (Å²) in [5.74, 6) is 0.905. The van der Waals surface area contributed by atoms with E-state index in [9.17, 15) is 0 Å². The van der Waals surface area contributed by atoms with E-state index in [1.165, 1.54) is 5.56 Å². The van der Waals surface area contributed by atoms with E-state index in [0.717, 1.165) is 15.1 Å². The van der Waals surface area contributed by atoms with E-state index >= 15 is 0 Å². The quantitative estimate of drug-likeness (QED) is 0.749. The smallest absolute Gasteiger partial charge is 0.174 e. The van der Waals surface area contributed by atoms with Crippen LogP contribution >= 0.6 is 23.1 Å². The lowest BCUT2D eigenvalue weighted by Gasteiger charge is -1.95. The Morgan fingerprint density at radius 2 is 2.36 bits per heavy atom. The highest BCUT2D eigenvalue weighted by atomic mass is 32.2. The number of thioether (sulfide) groups is 1. The molecular weight excluding hydrogens is 214 g/mol. The zero-order valence-corrected chi connectivity index (χ0v) is 9.31. The molecule has 0 spiro atoms. The first-order valence-corrected chi connectivity index (χ1v) is 5.96. The summed E-state index contributed by atoms with van der Waals surface area (Å²) in [6.07, 6.45) is 3.66. The maximum absolute atomic E-state index is 4.06. The molecule has 0 fully saturated rings. The van der Waals surface area contributed by atoms with E-state index in [1.807, 2.05) is 19.2 Å². The van der Waals surface area contributed by atoms with Crippen LogP contribution in [0.2, 0.25) is 0 Å². The van der Waals surface area contributed by atoms with Crippen LogP contribution in [0.4, 0.5) is 0 Å². The molecule has 2 aromatic heterocycles. The number of aryl methyl sites for hydroxylation is 1. The normalized spacial score (nSPS) is 10.4. The summed E-state index contributed by atoms with van der Waals surface area (Å²) in [7, 11) is 0. The van der Waals surface area contributed by atoms with Crippen LogP contribution in [0, 0.1) is 6.92 Å². The minimum Gasteiger partial charge on any atom is -0.264 e. The van der Waals surface area contributed by atoms with Gasteiger partial charge in [-0.25, -0.2) is 0 Å². The molecule has 3 nitrogen and oxygen atoms in total. The van der Waals surface area contributed by atoms with Gasteiger partial charge >= 0.3 is 0 Å². The van der Waals surface area contributed by atoms with E-state index in [-0.39, 0.29) is 0 Å². The molecule has 0 aliphatic heterocycles. The molecule has 0 aliphatic carbocycles. The van der Waals surface area contributed by atoms with Crippen molar-refractivity contribution in [3.05, 3.63) is 35.1 Å². The molecule has 0 saturated carbocycles. The van der Waals surface area contributed by atoms with Crippen molar-refractivity contribution in [1.82, 2.24) is 15.2 Å². The van der Waals surface area contributed by atoms with Gasteiger partial charge in [0.2, 0.25) is 0 Å². The molecule has 2 heterocycles. The first-order chi connectivity index (χ1) is 6.84. The molecule has 0 amide bonds. The van der Waals surface area contributed by atoms with Crippen LogP contribution in [0.3, 0.4) is 0 Å². The molecule has 0 unspecified atom stereocenters. The SMILES string of the molecule is Cc1nnc(SCc2cccnc2)s1. The Morgan fingerprint density at radius 1 is 1.43 bits per heavy atom. The minimum absolute atomic E-state index is 0.905. The van der Waals surface area contributed by atoms with Gasteiger partial charge in [-0.05, 0) is 18.6 Å². The molecule has 0 saturated heterocycles. The molecule has 0 aromatic carbocycles. The Morgan fingerprint density at radius 3 is 3.00 bits per heavy atom. The number of pyridine rings is 1. The second-order valence-electron chi connectivity index (χ2n) is 2.74. The summed E-state index contributed by atoms with van der Waals surface area (Å²) in [6, 6.07) is 4.01. The van der Waals surface area contributed by atoms with Crippen molar-refractivity contribution in [2.24, 2.45) is 0 Å². The molecule has 2 aromatic rings. The highest BCUT2D eigenvalue weighted by Crippen LogP contribution is 2.24. The van der Waals surface area contributed by atoms with Gasteiger partial charge in [0.25, 0.3) is 0 Å². The number of hydrogen-bond acceptors (Lipinski definition) is 5. The van der Waals surface area contributed by atoms with Crippen molar-refractivity contribution in [3.63, 3.8) is 0 Å². The van der Waals surface area contributed by atoms with Crippen molar-refractivity contribution in [2.75, 3.05) is 0 Å². The fourth-order valence-electron chi connectivity index (χ4n) is 0.965. The van der Waals surface area contributed by atoms with Gasteiger partial charge in [-0.3, -0.25) is 4.98 Å². The first kappa shape index (κ1) is 9.61. The molecule has 0 bridgehead atoms. The van der Waals surface area contributed by atoms with Crippen molar-refractivity contribution in [3.8, 4) is 0 Å². The Hall–Kier alpha value is -0.940. The van der Waals surface area contributed by atoms with E-state index in [1.54, 1.807) is 29.3 Å². The molecule has 0 radical (unpaired) electrons. The van der Waals surface area contributed by atoms with Gasteiger partial charge in [0.05, 0.1) is 0 Å². The average Bonchev–Trinajstić information content (AvgIpc) is 2.63. The van der Waals surface area contributed by atoms with E-state index in [4.69, 9.17) is 0 Å². The number of nitrogens with zero attached hydrogens (tertiary/aromatic N) is 3. The highest BCUT2D eigenvalue weighted by Gasteiger charge is 2.01. The lowest BCUT2D eigenvalue weighted by molar-refractivity contribution is 0.983. The fraction of sp³-hybridized carbons (Fsp3) is 0.222. The maximum Gasteiger partial charge on any atom is 0.174 e. The van der Waals surface area contributed by atoms with Crippen LogP contribution in [-0.2, 0) is 5.75 Å². The summed E-state index contributed by atoms with van der Waals surface area (Å²) < 4.78 is 1.02. The van der Waals surface area contributed by atoms with E-state index < -0.39 is 0 Å². The lowest BCUT2D eigenvalue weighted by Crippen LogP contribution is -1.80. The summed E-state index contributed by atoms with van der Waals surface area (Å²) in [5.41, 5.74) is 1.21. The second kappa shape index (κ2) is 4.52. The fourth-order valence-corrected chi connectivity index (χ4v) is 2.72. The maximum atomic E-state index is 4.06. The zero-order valence-electron chi connectivity index (χ0n) is 7.67. The van der Waals surface area contributed by atoms with E-state index in [2.05, 4.69) is 21.2 Å². The van der Waals surface area contributed by atoms with Gasteiger partial charge in [-0.2, -0.15) is 0 Å². The molecule has 0 N–H and O–H groups in total. The average molecular weight is 223 g/mol. The van der Waals surface area contributed by atoms with Crippen LogP contribution < -0.4 is 0 Å². The number of rotatable bonds is 3. The third kappa shape index (κ3) is 2.52. The van der Waals surface area contributed by atoms with Crippen LogP contribution in [0.25, 0.3) is 0 Å². The van der Waals surface area contributed by atoms with Gasteiger partial charge in [-0.15, -0.1) is 10.2 Å². The summed E-state index contributed by atoms with van der Waals surface area (Å²) in [4.78, 5) is 4.06. The predicted octanol–water partition coefficient (Wildman–Crippen LogP) is 2.53. The van der Waals surface area contributed by atoms with Gasteiger partial charge in [0, 0.05) is 18.1 Å². The first-order valence-electron chi connectivity index (χ1n) is 4.16. The third-order valence-electron chi connectivity index (χ3n) is 1.59. The Balaban J connectivity index is 1.95. The molecule has 0 atom stereocenters. The van der Waals surface area contributed by atoms with Crippen molar-refractivity contribution >= 4 is 23.1 Å². The number of aromatic nitrogens is 3. The van der Waals surface area contributed by atoms with Crippen molar-refractivity contribution in [1.29, 1.82) is 0 Å². The monoisotopic (exact) mass is 223 g/mol. The van der Waals surface area contributed by atoms with Crippen LogP contribution in [0.15, 0.2) is 28.9 Å².